The lowest BCUT2D eigenvalue weighted by Gasteiger charge is -2.58. The molecule has 0 bridgehead atoms. The van der Waals surface area contributed by atoms with Gasteiger partial charge in [-0.25, -0.2) is 0 Å². The van der Waals surface area contributed by atoms with Crippen molar-refractivity contribution < 1.29 is 19.1 Å². The van der Waals surface area contributed by atoms with Crippen LogP contribution in [-0.4, -0.2) is 24.1 Å². The van der Waals surface area contributed by atoms with E-state index < -0.39 is 0 Å². The third-order valence-corrected chi connectivity index (χ3v) is 8.82. The summed E-state index contributed by atoms with van der Waals surface area (Å²) in [6.45, 7) is 7.62. The van der Waals surface area contributed by atoms with Gasteiger partial charge >= 0.3 is 11.9 Å². The molecule has 4 rings (SSSR count). The molecule has 5 nitrogen and oxygen atoms in total. The summed E-state index contributed by atoms with van der Waals surface area (Å²) in [6, 6.07) is 2.60. The van der Waals surface area contributed by atoms with Crippen LogP contribution in [0.4, 0.5) is 0 Å². The first-order valence-electron chi connectivity index (χ1n) is 11.1. The zero-order chi connectivity index (χ0) is 21.0. The van der Waals surface area contributed by atoms with E-state index in [0.717, 1.165) is 44.9 Å². The van der Waals surface area contributed by atoms with Gasteiger partial charge in [-0.05, 0) is 61.7 Å². The van der Waals surface area contributed by atoms with Crippen molar-refractivity contribution in [1.82, 2.24) is 0 Å². The minimum atomic E-state index is -0.222. The van der Waals surface area contributed by atoms with Crippen molar-refractivity contribution in [3.05, 3.63) is 11.6 Å². The number of nitriles is 1. The van der Waals surface area contributed by atoms with Crippen LogP contribution >= 0.6 is 0 Å². The van der Waals surface area contributed by atoms with Gasteiger partial charge in [0.15, 0.2) is 0 Å². The van der Waals surface area contributed by atoms with Gasteiger partial charge < -0.3 is 9.47 Å². The van der Waals surface area contributed by atoms with Crippen LogP contribution in [0.2, 0.25) is 0 Å². The molecular weight excluding hydrogens is 366 g/mol. The van der Waals surface area contributed by atoms with Crippen LogP contribution in [0.3, 0.4) is 0 Å². The number of ether oxygens (including phenoxy) is 2. The lowest BCUT2D eigenvalue weighted by molar-refractivity contribution is -0.157. The van der Waals surface area contributed by atoms with Gasteiger partial charge in [0.2, 0.25) is 0 Å². The summed E-state index contributed by atoms with van der Waals surface area (Å²) in [6.07, 6.45) is 8.84. The van der Waals surface area contributed by atoms with E-state index in [9.17, 15) is 14.9 Å². The Labute approximate surface area is 173 Å². The summed E-state index contributed by atoms with van der Waals surface area (Å²) in [7, 11) is 0. The number of nitrogens with zero attached hydrogens (tertiary/aromatic N) is 1. The fraction of sp³-hybridized carbons (Fsp3) is 0.792. The number of rotatable bonds is 2. The standard InChI is InChI=1S/C24H33NO4/c1-14(26)28-18-7-9-23(3)17(12-18)11-16(13-25)22-19-5-6-21(29-15(2)27)24(19,4)10-8-20(22)23/h11,16,18-22H,5-10,12H2,1-4H3/t16?,18-,19?,20?,21-,22?,23-,24-/m0/s1. The van der Waals surface area contributed by atoms with Gasteiger partial charge in [-0.3, -0.25) is 9.59 Å². The number of hydrogen-bond donors (Lipinski definition) is 0. The highest BCUT2D eigenvalue weighted by Crippen LogP contribution is 2.66. The largest absolute Gasteiger partial charge is 0.462 e. The molecule has 3 fully saturated rings. The number of fused-ring (bicyclic) bond motifs is 5. The van der Waals surface area contributed by atoms with Gasteiger partial charge in [-0.1, -0.05) is 25.5 Å². The summed E-state index contributed by atoms with van der Waals surface area (Å²) >= 11 is 0. The van der Waals surface area contributed by atoms with Gasteiger partial charge in [0, 0.05) is 25.7 Å². The van der Waals surface area contributed by atoms with Crippen LogP contribution in [0.25, 0.3) is 0 Å². The van der Waals surface area contributed by atoms with E-state index in [-0.39, 0.29) is 40.9 Å². The third kappa shape index (κ3) is 3.20. The summed E-state index contributed by atoms with van der Waals surface area (Å²) in [4.78, 5) is 23.1. The summed E-state index contributed by atoms with van der Waals surface area (Å²) < 4.78 is 11.2. The third-order valence-electron chi connectivity index (χ3n) is 8.82. The fourth-order valence-electron chi connectivity index (χ4n) is 7.46. The minimum Gasteiger partial charge on any atom is -0.462 e. The normalized spacial score (nSPS) is 45.7. The molecule has 4 aliphatic rings. The first-order chi connectivity index (χ1) is 13.7. The monoisotopic (exact) mass is 399 g/mol. The molecule has 4 aliphatic carbocycles. The molecule has 8 atom stereocenters. The molecule has 0 aromatic heterocycles. The van der Waals surface area contributed by atoms with E-state index in [0.29, 0.717) is 17.8 Å². The number of carbonyl (C=O) groups is 2. The Morgan fingerprint density at radius 2 is 1.76 bits per heavy atom. The average Bonchev–Trinajstić information content (AvgIpc) is 2.97. The second-order valence-corrected chi connectivity index (χ2v) is 10.2. The van der Waals surface area contributed by atoms with E-state index in [1.54, 1.807) is 0 Å². The van der Waals surface area contributed by atoms with Crippen molar-refractivity contribution in [2.45, 2.75) is 84.8 Å². The molecule has 0 spiro atoms. The van der Waals surface area contributed by atoms with Gasteiger partial charge in [0.25, 0.3) is 0 Å². The SMILES string of the molecule is CC(=O)O[C@H]1CC[C@@]2(C)C(=CC(C#N)C3C2CC[C@@]2(C)C3CC[C@@H]2OC(C)=O)C1. The highest BCUT2D eigenvalue weighted by atomic mass is 16.5. The topological polar surface area (TPSA) is 76.4 Å². The van der Waals surface area contributed by atoms with Gasteiger partial charge in [0.1, 0.15) is 12.2 Å². The summed E-state index contributed by atoms with van der Waals surface area (Å²) in [5, 5.41) is 10.1. The van der Waals surface area contributed by atoms with Gasteiger partial charge in [0.05, 0.1) is 12.0 Å². The quantitative estimate of drug-likeness (QED) is 0.502. The molecule has 158 valence electrons. The maximum atomic E-state index is 11.6. The Hall–Kier alpha value is -1.83. The first kappa shape index (κ1) is 20.4. The maximum absolute atomic E-state index is 11.6. The average molecular weight is 400 g/mol. The Bertz CT molecular complexity index is 782. The van der Waals surface area contributed by atoms with Crippen LogP contribution in [0, 0.1) is 45.8 Å². The lowest BCUT2D eigenvalue weighted by atomic mass is 9.46. The van der Waals surface area contributed by atoms with E-state index in [4.69, 9.17) is 9.47 Å². The molecule has 0 aliphatic heterocycles. The molecule has 4 unspecified atom stereocenters. The Morgan fingerprint density at radius 1 is 1.03 bits per heavy atom. The maximum Gasteiger partial charge on any atom is 0.302 e. The van der Waals surface area contributed by atoms with Gasteiger partial charge in [-0.2, -0.15) is 5.26 Å². The van der Waals surface area contributed by atoms with E-state index in [2.05, 4.69) is 26.0 Å². The first-order valence-corrected chi connectivity index (χ1v) is 11.1. The molecule has 29 heavy (non-hydrogen) atoms. The predicted octanol–water partition coefficient (Wildman–Crippen LogP) is 4.56. The molecule has 0 heterocycles. The second-order valence-electron chi connectivity index (χ2n) is 10.2. The lowest BCUT2D eigenvalue weighted by Crippen LogP contribution is -2.54. The van der Waals surface area contributed by atoms with Crippen molar-refractivity contribution in [2.24, 2.45) is 34.5 Å². The van der Waals surface area contributed by atoms with Gasteiger partial charge in [-0.15, -0.1) is 0 Å². The molecular formula is C24H33NO4. The van der Waals surface area contributed by atoms with E-state index in [1.807, 2.05) is 0 Å². The van der Waals surface area contributed by atoms with Crippen molar-refractivity contribution in [3.63, 3.8) is 0 Å². The van der Waals surface area contributed by atoms with Crippen LogP contribution in [0.1, 0.15) is 72.6 Å². The number of esters is 2. The number of carbonyl (C=O) groups excluding carboxylic acids is 2. The van der Waals surface area contributed by atoms with Crippen molar-refractivity contribution in [3.8, 4) is 6.07 Å². The molecule has 0 N–H and O–H groups in total. The summed E-state index contributed by atoms with van der Waals surface area (Å²) in [5.74, 6) is 0.673. The molecule has 0 aromatic rings. The Morgan fingerprint density at radius 3 is 2.41 bits per heavy atom. The molecule has 0 amide bonds. The Balaban J connectivity index is 1.65. The number of hydrogen-bond acceptors (Lipinski definition) is 5. The van der Waals surface area contributed by atoms with E-state index >= 15 is 0 Å². The van der Waals surface area contributed by atoms with Crippen LogP contribution < -0.4 is 0 Å². The van der Waals surface area contributed by atoms with Crippen molar-refractivity contribution in [1.29, 1.82) is 5.26 Å². The molecule has 3 saturated carbocycles. The molecule has 0 saturated heterocycles. The molecule has 5 heteroatoms. The molecule has 0 radical (unpaired) electrons. The minimum absolute atomic E-state index is 0.0248. The highest BCUT2D eigenvalue weighted by molar-refractivity contribution is 5.66. The Kier molecular flexibility index (Phi) is 5.04. The van der Waals surface area contributed by atoms with Crippen LogP contribution in [0.5, 0.6) is 0 Å². The second kappa shape index (κ2) is 7.15. The highest BCUT2D eigenvalue weighted by Gasteiger charge is 2.61. The van der Waals surface area contributed by atoms with Crippen LogP contribution in [-0.2, 0) is 19.1 Å². The summed E-state index contributed by atoms with van der Waals surface area (Å²) in [5.41, 5.74) is 1.37. The fourth-order valence-corrected chi connectivity index (χ4v) is 7.46. The zero-order valence-corrected chi connectivity index (χ0v) is 18.1. The van der Waals surface area contributed by atoms with Crippen molar-refractivity contribution >= 4 is 11.9 Å². The van der Waals surface area contributed by atoms with Crippen molar-refractivity contribution in [2.75, 3.05) is 0 Å². The predicted molar refractivity (Wildman–Crippen MR) is 107 cm³/mol. The smallest absolute Gasteiger partial charge is 0.302 e. The zero-order valence-electron chi connectivity index (χ0n) is 18.1. The van der Waals surface area contributed by atoms with Crippen LogP contribution in [0.15, 0.2) is 11.6 Å². The van der Waals surface area contributed by atoms with E-state index in [1.165, 1.54) is 19.4 Å². The molecule has 0 aromatic carbocycles. The number of allylic oxidation sites excluding steroid dienone is 1.